The van der Waals surface area contributed by atoms with Gasteiger partial charge in [0, 0.05) is 11.8 Å². The summed E-state index contributed by atoms with van der Waals surface area (Å²) in [4.78, 5) is 0. The molecule has 2 rings (SSSR count). The van der Waals surface area contributed by atoms with Crippen molar-refractivity contribution in [2.45, 2.75) is 30.8 Å². The molecule has 0 aliphatic heterocycles. The highest BCUT2D eigenvalue weighted by molar-refractivity contribution is 7.98. The van der Waals surface area contributed by atoms with E-state index in [9.17, 15) is 4.39 Å². The molecule has 2 aromatic rings. The number of hydrogen-bond donors (Lipinski definition) is 0. The molecule has 1 aromatic heterocycles. The molecule has 0 spiro atoms. The number of aromatic nitrogens is 3. The summed E-state index contributed by atoms with van der Waals surface area (Å²) in [5.74, 6) is 0.565. The summed E-state index contributed by atoms with van der Waals surface area (Å²) in [6, 6.07) is 6.88. The van der Waals surface area contributed by atoms with Gasteiger partial charge >= 0.3 is 0 Å². The standard InChI is InChI=1S/C12H14FN3S/c1-9(2)16-8-14-15-12(16)17-7-10-3-5-11(13)6-4-10/h3-6,8-9H,7H2,1-2H3. The highest BCUT2D eigenvalue weighted by Gasteiger charge is 2.07. The monoisotopic (exact) mass is 251 g/mol. The molecule has 3 nitrogen and oxygen atoms in total. The van der Waals surface area contributed by atoms with Crippen LogP contribution in [0.5, 0.6) is 0 Å². The molecule has 0 aliphatic carbocycles. The summed E-state index contributed by atoms with van der Waals surface area (Å²) in [5, 5.41) is 8.87. The van der Waals surface area contributed by atoms with Crippen LogP contribution in [0.1, 0.15) is 25.5 Å². The Hall–Kier alpha value is -1.36. The SMILES string of the molecule is CC(C)n1cnnc1SCc1ccc(F)cc1. The molecule has 0 saturated heterocycles. The topological polar surface area (TPSA) is 30.7 Å². The Kier molecular flexibility index (Phi) is 3.78. The van der Waals surface area contributed by atoms with Crippen molar-refractivity contribution in [2.75, 3.05) is 0 Å². The normalized spacial score (nSPS) is 11.1. The Morgan fingerprint density at radius 2 is 2.00 bits per heavy atom. The molecule has 0 saturated carbocycles. The van der Waals surface area contributed by atoms with E-state index in [0.717, 1.165) is 16.5 Å². The van der Waals surface area contributed by atoms with E-state index in [4.69, 9.17) is 0 Å². The van der Waals surface area contributed by atoms with E-state index in [1.165, 1.54) is 12.1 Å². The van der Waals surface area contributed by atoms with Gasteiger partial charge in [0.05, 0.1) is 0 Å². The van der Waals surface area contributed by atoms with Crippen LogP contribution >= 0.6 is 11.8 Å². The van der Waals surface area contributed by atoms with Crippen LogP contribution in [0.15, 0.2) is 35.7 Å². The van der Waals surface area contributed by atoms with Crippen molar-refractivity contribution in [3.05, 3.63) is 42.0 Å². The second kappa shape index (κ2) is 5.31. The Morgan fingerprint density at radius 3 is 2.65 bits per heavy atom. The lowest BCUT2D eigenvalue weighted by molar-refractivity contribution is 0.549. The molecule has 0 N–H and O–H groups in total. The molecular weight excluding hydrogens is 237 g/mol. The van der Waals surface area contributed by atoms with Gasteiger partial charge in [-0.15, -0.1) is 10.2 Å². The number of benzene rings is 1. The third-order valence-electron chi connectivity index (χ3n) is 2.38. The van der Waals surface area contributed by atoms with Crippen molar-refractivity contribution in [3.63, 3.8) is 0 Å². The quantitative estimate of drug-likeness (QED) is 0.781. The minimum atomic E-state index is -0.205. The lowest BCUT2D eigenvalue weighted by Crippen LogP contribution is -2.00. The average Bonchev–Trinajstić information content (AvgIpc) is 2.76. The molecule has 0 fully saturated rings. The molecule has 0 aliphatic rings. The molecule has 5 heteroatoms. The Balaban J connectivity index is 2.02. The Morgan fingerprint density at radius 1 is 1.29 bits per heavy atom. The third kappa shape index (κ3) is 3.06. The molecular formula is C12H14FN3S. The molecule has 0 amide bonds. The number of nitrogens with zero attached hydrogens (tertiary/aromatic N) is 3. The zero-order valence-corrected chi connectivity index (χ0v) is 10.6. The zero-order chi connectivity index (χ0) is 12.3. The largest absolute Gasteiger partial charge is 0.306 e. The van der Waals surface area contributed by atoms with E-state index in [-0.39, 0.29) is 5.82 Å². The smallest absolute Gasteiger partial charge is 0.191 e. The number of thioether (sulfide) groups is 1. The first kappa shape index (κ1) is 12.1. The highest BCUT2D eigenvalue weighted by atomic mass is 32.2. The first-order valence-electron chi connectivity index (χ1n) is 5.43. The number of halogens is 1. The van der Waals surface area contributed by atoms with Crippen molar-refractivity contribution >= 4 is 11.8 Å². The fourth-order valence-electron chi connectivity index (χ4n) is 1.42. The second-order valence-electron chi connectivity index (χ2n) is 4.03. The van der Waals surface area contributed by atoms with Gasteiger partial charge in [0.2, 0.25) is 0 Å². The molecule has 0 unspecified atom stereocenters. The molecule has 1 aromatic carbocycles. The third-order valence-corrected chi connectivity index (χ3v) is 3.41. The fourth-order valence-corrected chi connectivity index (χ4v) is 2.42. The van der Waals surface area contributed by atoms with Gasteiger partial charge < -0.3 is 4.57 Å². The lowest BCUT2D eigenvalue weighted by atomic mass is 10.2. The van der Waals surface area contributed by atoms with Crippen LogP contribution < -0.4 is 0 Å². The first-order valence-corrected chi connectivity index (χ1v) is 6.42. The molecule has 90 valence electrons. The molecule has 0 atom stereocenters. The van der Waals surface area contributed by atoms with Gasteiger partial charge in [-0.1, -0.05) is 23.9 Å². The highest BCUT2D eigenvalue weighted by Crippen LogP contribution is 2.22. The number of hydrogen-bond acceptors (Lipinski definition) is 3. The second-order valence-corrected chi connectivity index (χ2v) is 4.97. The minimum Gasteiger partial charge on any atom is -0.306 e. The maximum Gasteiger partial charge on any atom is 0.191 e. The van der Waals surface area contributed by atoms with Crippen LogP contribution in [0.4, 0.5) is 4.39 Å². The predicted octanol–water partition coefficient (Wildman–Crippen LogP) is 3.29. The van der Waals surface area contributed by atoms with E-state index >= 15 is 0 Å². The Labute approximate surface area is 104 Å². The van der Waals surface area contributed by atoms with Gasteiger partial charge in [0.25, 0.3) is 0 Å². The van der Waals surface area contributed by atoms with Crippen molar-refractivity contribution in [2.24, 2.45) is 0 Å². The zero-order valence-electron chi connectivity index (χ0n) is 9.80. The van der Waals surface area contributed by atoms with Crippen molar-refractivity contribution in [1.29, 1.82) is 0 Å². The van der Waals surface area contributed by atoms with Crippen molar-refractivity contribution < 1.29 is 4.39 Å². The van der Waals surface area contributed by atoms with E-state index < -0.39 is 0 Å². The van der Waals surface area contributed by atoms with E-state index in [1.54, 1.807) is 30.2 Å². The Bertz CT molecular complexity index is 479. The van der Waals surface area contributed by atoms with Crippen molar-refractivity contribution in [1.82, 2.24) is 14.8 Å². The summed E-state index contributed by atoms with van der Waals surface area (Å²) < 4.78 is 14.8. The molecule has 1 heterocycles. The van der Waals surface area contributed by atoms with E-state index in [2.05, 4.69) is 24.0 Å². The van der Waals surface area contributed by atoms with Crippen LogP contribution in [0.3, 0.4) is 0 Å². The van der Waals surface area contributed by atoms with Crippen LogP contribution in [0.25, 0.3) is 0 Å². The van der Waals surface area contributed by atoms with Gasteiger partial charge in [0.15, 0.2) is 5.16 Å². The summed E-state index contributed by atoms with van der Waals surface area (Å²) in [6.45, 7) is 4.18. The lowest BCUT2D eigenvalue weighted by Gasteiger charge is -2.09. The molecule has 17 heavy (non-hydrogen) atoms. The van der Waals surface area contributed by atoms with Crippen LogP contribution in [0.2, 0.25) is 0 Å². The first-order chi connectivity index (χ1) is 8.16. The maximum atomic E-state index is 12.7. The number of rotatable bonds is 4. The van der Waals surface area contributed by atoms with Gasteiger partial charge in [-0.2, -0.15) is 0 Å². The summed E-state index contributed by atoms with van der Waals surface area (Å²) >= 11 is 1.61. The summed E-state index contributed by atoms with van der Waals surface area (Å²) in [7, 11) is 0. The fraction of sp³-hybridized carbons (Fsp3) is 0.333. The molecule has 0 radical (unpaired) electrons. The average molecular weight is 251 g/mol. The van der Waals surface area contributed by atoms with E-state index in [1.807, 2.05) is 4.57 Å². The predicted molar refractivity (Wildman–Crippen MR) is 66.4 cm³/mol. The van der Waals surface area contributed by atoms with Crippen LogP contribution in [-0.2, 0) is 5.75 Å². The molecule has 0 bridgehead atoms. The van der Waals surface area contributed by atoms with Gasteiger partial charge in [-0.25, -0.2) is 4.39 Å². The summed E-state index contributed by atoms with van der Waals surface area (Å²) in [6.07, 6.45) is 1.73. The van der Waals surface area contributed by atoms with Crippen LogP contribution in [-0.4, -0.2) is 14.8 Å². The summed E-state index contributed by atoms with van der Waals surface area (Å²) in [5.41, 5.74) is 1.08. The van der Waals surface area contributed by atoms with Crippen LogP contribution in [0, 0.1) is 5.82 Å². The maximum absolute atomic E-state index is 12.7. The minimum absolute atomic E-state index is 0.205. The van der Waals surface area contributed by atoms with Gasteiger partial charge in [-0.3, -0.25) is 0 Å². The van der Waals surface area contributed by atoms with Gasteiger partial charge in [0.1, 0.15) is 12.1 Å². The van der Waals surface area contributed by atoms with Crippen molar-refractivity contribution in [3.8, 4) is 0 Å². The van der Waals surface area contributed by atoms with E-state index in [0.29, 0.717) is 6.04 Å². The van der Waals surface area contributed by atoms with Gasteiger partial charge in [-0.05, 0) is 31.5 Å².